The van der Waals surface area contributed by atoms with Crippen molar-refractivity contribution in [2.45, 2.75) is 48.9 Å². The summed E-state index contributed by atoms with van der Waals surface area (Å²) in [5, 5.41) is 3.98. The molecule has 0 N–H and O–H groups in total. The van der Waals surface area contributed by atoms with Crippen molar-refractivity contribution in [2.24, 2.45) is 5.92 Å². The first-order valence-electron chi connectivity index (χ1n) is 9.80. The molecule has 0 unspecified atom stereocenters. The number of rotatable bonds is 5. The lowest BCUT2D eigenvalue weighted by Gasteiger charge is -2.47. The topological polar surface area (TPSA) is 64.8 Å². The van der Waals surface area contributed by atoms with Crippen molar-refractivity contribution in [3.05, 3.63) is 17.5 Å². The first-order valence-corrected chi connectivity index (χ1v) is 10.8. The number of nitrogens with zero attached hydrogens (tertiary/aromatic N) is 2. The molecule has 3 saturated heterocycles. The average molecular weight is 378 g/mol. The molecule has 1 aromatic heterocycles. The number of ether oxygens (including phenoxy) is 2. The Morgan fingerprint density at radius 3 is 2.88 bits per heavy atom. The number of amides is 1. The van der Waals surface area contributed by atoms with Gasteiger partial charge in [-0.25, -0.2) is 0 Å². The van der Waals surface area contributed by atoms with Crippen LogP contribution in [0.1, 0.15) is 54.3 Å². The molecule has 4 aliphatic rings. The van der Waals surface area contributed by atoms with E-state index in [1.807, 2.05) is 22.7 Å². The summed E-state index contributed by atoms with van der Waals surface area (Å²) in [5.41, 5.74) is 0.470. The van der Waals surface area contributed by atoms with Crippen LogP contribution in [0.3, 0.4) is 0 Å². The lowest BCUT2D eigenvalue weighted by Crippen LogP contribution is -2.60. The SMILES string of the molecule is O=C(c1cc(C2CC2)on1)N1CC2(C[C@H](OCC3CCOCC3)CS2)C1. The minimum Gasteiger partial charge on any atom is -0.381 e. The van der Waals surface area contributed by atoms with Crippen molar-refractivity contribution in [1.82, 2.24) is 10.1 Å². The van der Waals surface area contributed by atoms with Gasteiger partial charge in [-0.3, -0.25) is 4.79 Å². The van der Waals surface area contributed by atoms with Crippen molar-refractivity contribution in [3.8, 4) is 0 Å². The summed E-state index contributed by atoms with van der Waals surface area (Å²) in [6, 6.07) is 1.84. The van der Waals surface area contributed by atoms with E-state index in [0.717, 1.165) is 76.5 Å². The molecule has 5 rings (SSSR count). The summed E-state index contributed by atoms with van der Waals surface area (Å²) in [7, 11) is 0. The number of hydrogen-bond acceptors (Lipinski definition) is 6. The Bertz CT molecular complexity index is 662. The Morgan fingerprint density at radius 2 is 2.12 bits per heavy atom. The summed E-state index contributed by atoms with van der Waals surface area (Å²) in [4.78, 5) is 14.5. The minimum absolute atomic E-state index is 0.0125. The van der Waals surface area contributed by atoms with Gasteiger partial charge in [0.25, 0.3) is 5.91 Å². The molecular weight excluding hydrogens is 352 g/mol. The van der Waals surface area contributed by atoms with Crippen molar-refractivity contribution in [1.29, 1.82) is 0 Å². The zero-order chi connectivity index (χ0) is 17.6. The molecule has 1 aliphatic carbocycles. The third-order valence-corrected chi connectivity index (χ3v) is 7.63. The van der Waals surface area contributed by atoms with Crippen LogP contribution in [0.2, 0.25) is 0 Å². The van der Waals surface area contributed by atoms with E-state index >= 15 is 0 Å². The maximum absolute atomic E-state index is 12.6. The van der Waals surface area contributed by atoms with Crippen molar-refractivity contribution >= 4 is 17.7 Å². The van der Waals surface area contributed by atoms with Crippen LogP contribution in [0.15, 0.2) is 10.6 Å². The number of likely N-dealkylation sites (tertiary alicyclic amines) is 1. The largest absolute Gasteiger partial charge is 0.381 e. The Kier molecular flexibility index (Phi) is 4.49. The van der Waals surface area contributed by atoms with Crippen molar-refractivity contribution in [3.63, 3.8) is 0 Å². The van der Waals surface area contributed by atoms with Crippen LogP contribution >= 0.6 is 11.8 Å². The van der Waals surface area contributed by atoms with Crippen LogP contribution in [0.25, 0.3) is 0 Å². The lowest BCUT2D eigenvalue weighted by atomic mass is 9.92. The number of carbonyl (C=O) groups excluding carboxylic acids is 1. The maximum Gasteiger partial charge on any atom is 0.276 e. The van der Waals surface area contributed by atoms with Crippen LogP contribution in [0.5, 0.6) is 0 Å². The summed E-state index contributed by atoms with van der Waals surface area (Å²) in [5.74, 6) is 3.07. The summed E-state index contributed by atoms with van der Waals surface area (Å²) in [6.45, 7) is 4.21. The van der Waals surface area contributed by atoms with E-state index in [2.05, 4.69) is 5.16 Å². The zero-order valence-electron chi connectivity index (χ0n) is 15.0. The van der Waals surface area contributed by atoms with Crippen LogP contribution in [-0.2, 0) is 9.47 Å². The summed E-state index contributed by atoms with van der Waals surface area (Å²) >= 11 is 1.98. The van der Waals surface area contributed by atoms with Crippen molar-refractivity contribution in [2.75, 3.05) is 38.7 Å². The zero-order valence-corrected chi connectivity index (χ0v) is 15.8. The number of hydrogen-bond donors (Lipinski definition) is 0. The number of aromatic nitrogens is 1. The van der Waals surface area contributed by atoms with Crippen molar-refractivity contribution < 1.29 is 18.8 Å². The third-order valence-electron chi connectivity index (χ3n) is 6.06. The Balaban J connectivity index is 1.09. The molecule has 0 bridgehead atoms. The van der Waals surface area contributed by atoms with Gasteiger partial charge < -0.3 is 18.9 Å². The fourth-order valence-corrected chi connectivity index (χ4v) is 5.77. The van der Waals surface area contributed by atoms with E-state index in [0.29, 0.717) is 23.6 Å². The lowest BCUT2D eigenvalue weighted by molar-refractivity contribution is -0.0119. The highest BCUT2D eigenvalue weighted by atomic mass is 32.2. The van der Waals surface area contributed by atoms with Gasteiger partial charge in [0.2, 0.25) is 0 Å². The molecule has 4 heterocycles. The van der Waals surface area contributed by atoms with Gasteiger partial charge >= 0.3 is 0 Å². The molecule has 0 aromatic carbocycles. The monoisotopic (exact) mass is 378 g/mol. The second-order valence-corrected chi connectivity index (χ2v) is 9.75. The van der Waals surface area contributed by atoms with Gasteiger partial charge in [0.05, 0.1) is 10.9 Å². The fourth-order valence-electron chi connectivity index (χ4n) is 4.22. The highest BCUT2D eigenvalue weighted by Gasteiger charge is 2.51. The highest BCUT2D eigenvalue weighted by Crippen LogP contribution is 2.47. The smallest absolute Gasteiger partial charge is 0.276 e. The van der Waals surface area contributed by atoms with Crippen LogP contribution in [0, 0.1) is 5.92 Å². The first kappa shape index (κ1) is 17.1. The summed E-state index contributed by atoms with van der Waals surface area (Å²) in [6.07, 6.45) is 5.93. The van der Waals surface area contributed by atoms with E-state index < -0.39 is 0 Å². The summed E-state index contributed by atoms with van der Waals surface area (Å²) < 4.78 is 17.1. The van der Waals surface area contributed by atoms with Crippen LogP contribution in [0.4, 0.5) is 0 Å². The predicted molar refractivity (Wildman–Crippen MR) is 97.5 cm³/mol. The van der Waals surface area contributed by atoms with Gasteiger partial charge in [-0.15, -0.1) is 11.8 Å². The molecule has 7 heteroatoms. The van der Waals surface area contributed by atoms with E-state index in [9.17, 15) is 4.79 Å². The Hall–Kier alpha value is -1.05. The molecule has 1 saturated carbocycles. The molecule has 1 amide bonds. The second kappa shape index (κ2) is 6.84. The molecule has 1 atom stereocenters. The van der Waals surface area contributed by atoms with Gasteiger partial charge in [-0.05, 0) is 38.0 Å². The Labute approximate surface area is 157 Å². The molecule has 0 radical (unpaired) electrons. The quantitative estimate of drug-likeness (QED) is 0.785. The van der Waals surface area contributed by atoms with Crippen LogP contribution < -0.4 is 0 Å². The molecule has 1 aromatic rings. The number of thioether (sulfide) groups is 1. The molecule has 6 nitrogen and oxygen atoms in total. The minimum atomic E-state index is 0.0125. The standard InChI is InChI=1S/C19H26N2O4S/c22-18(16-7-17(25-20-16)14-1-2-14)21-11-19(12-21)8-15(10-26-19)24-9-13-3-5-23-6-4-13/h7,13-15H,1-6,8-12H2/t15-/m0/s1. The predicted octanol–water partition coefficient (Wildman–Crippen LogP) is 2.70. The normalized spacial score (nSPS) is 28.5. The molecule has 3 aliphatic heterocycles. The van der Waals surface area contributed by atoms with Crippen LogP contribution in [-0.4, -0.2) is 65.5 Å². The van der Waals surface area contributed by atoms with Gasteiger partial charge in [-0.1, -0.05) is 5.16 Å². The van der Waals surface area contributed by atoms with E-state index in [1.165, 1.54) is 0 Å². The molecule has 4 fully saturated rings. The molecule has 1 spiro atoms. The highest BCUT2D eigenvalue weighted by molar-refractivity contribution is 8.01. The maximum atomic E-state index is 12.6. The van der Waals surface area contributed by atoms with E-state index in [4.69, 9.17) is 14.0 Å². The van der Waals surface area contributed by atoms with E-state index in [-0.39, 0.29) is 10.7 Å². The average Bonchev–Trinajstić information content (AvgIpc) is 3.20. The number of carbonyl (C=O) groups is 1. The first-order chi connectivity index (χ1) is 12.7. The van der Waals surface area contributed by atoms with Gasteiger partial charge in [-0.2, -0.15) is 0 Å². The fraction of sp³-hybridized carbons (Fsp3) is 0.789. The molecule has 142 valence electrons. The van der Waals surface area contributed by atoms with Gasteiger partial charge in [0, 0.05) is 50.6 Å². The Morgan fingerprint density at radius 1 is 1.31 bits per heavy atom. The van der Waals surface area contributed by atoms with E-state index in [1.54, 1.807) is 0 Å². The van der Waals surface area contributed by atoms with Gasteiger partial charge in [0.1, 0.15) is 5.76 Å². The second-order valence-electron chi connectivity index (χ2n) is 8.26. The molecule has 26 heavy (non-hydrogen) atoms. The van der Waals surface area contributed by atoms with Gasteiger partial charge in [0.15, 0.2) is 5.69 Å². The molecular formula is C19H26N2O4S. The third kappa shape index (κ3) is 3.41.